The van der Waals surface area contributed by atoms with E-state index in [1.54, 1.807) is 0 Å². The van der Waals surface area contributed by atoms with Crippen LogP contribution in [0.1, 0.15) is 107 Å². The third-order valence-electron chi connectivity index (χ3n) is 12.0. The molecule has 5 heterocycles. The molecule has 0 radical (unpaired) electrons. The summed E-state index contributed by atoms with van der Waals surface area (Å²) in [6.45, 7) is 7.11. The number of H-pyrrole nitrogens is 2. The standard InChI is InChI=1S/C54H69N6O2.ClH/c1-6-7-8-9-10-11-12-13-14-15-37-61-47-26-18-41(19-27-47)53-49-30-22-43(55-49)39-45-24-32-51(57-45)54(52-33-25-46(58-52)40-44-23-31-50(53)56-44)42-20-28-48(29-21-42)62-38-17-36-60(4,5)35-16-34-59(2)3;/h18-33,39-40,57-58H,6-17,34-38H2,1-5H3;1H/q+1;/p-1. The Bertz CT molecular complexity index is 2330. The van der Waals surface area contributed by atoms with Crippen LogP contribution in [0.3, 0.4) is 0 Å². The van der Waals surface area contributed by atoms with E-state index in [4.69, 9.17) is 19.4 Å². The highest BCUT2D eigenvalue weighted by Crippen LogP contribution is 2.34. The Labute approximate surface area is 382 Å². The number of halogens is 1. The van der Waals surface area contributed by atoms with E-state index < -0.39 is 0 Å². The molecule has 334 valence electrons. The Balaban J connectivity index is 0.00000661. The topological polar surface area (TPSA) is 79.1 Å². The number of rotatable bonds is 23. The quantitative estimate of drug-likeness (QED) is 0.0495. The molecule has 0 fully saturated rings. The predicted octanol–water partition coefficient (Wildman–Crippen LogP) is 10.1. The SMILES string of the molecule is CCCCCCCCCCCCOc1ccc(-c2c3nc(cc4ccc([nH]4)c(-c4ccc(OCCC[N+](C)(C)CCCN(C)C)cc4)c4ccc(cc5nc2C=C5)[nH]4)C=C3)cc1.[Cl-]. The molecule has 3 aromatic heterocycles. The number of hydrogen-bond acceptors (Lipinski definition) is 5. The molecular weight excluding hydrogens is 800 g/mol. The second kappa shape index (κ2) is 23.5. The molecule has 0 aliphatic carbocycles. The van der Waals surface area contributed by atoms with E-state index in [0.717, 1.165) is 116 Å². The molecule has 2 aliphatic rings. The van der Waals surface area contributed by atoms with E-state index >= 15 is 0 Å². The van der Waals surface area contributed by atoms with Gasteiger partial charge in [0.1, 0.15) is 11.5 Å². The number of aromatic amines is 2. The van der Waals surface area contributed by atoms with Gasteiger partial charge in [-0.25, -0.2) is 9.97 Å². The van der Waals surface area contributed by atoms with Crippen LogP contribution in [-0.2, 0) is 0 Å². The number of nitrogens with zero attached hydrogens (tertiary/aromatic N) is 4. The zero-order valence-corrected chi connectivity index (χ0v) is 39.2. The van der Waals surface area contributed by atoms with Crippen molar-refractivity contribution in [2.45, 2.75) is 84.0 Å². The molecule has 0 amide bonds. The normalized spacial score (nSPS) is 12.2. The molecular formula is C54H69ClN6O2. The summed E-state index contributed by atoms with van der Waals surface area (Å²) < 4.78 is 13.4. The number of fused-ring (bicyclic) bond motifs is 8. The smallest absolute Gasteiger partial charge is 0.119 e. The van der Waals surface area contributed by atoms with Crippen LogP contribution in [0, 0.1) is 0 Å². The van der Waals surface area contributed by atoms with Gasteiger partial charge >= 0.3 is 0 Å². The maximum atomic E-state index is 6.24. The first-order valence-corrected chi connectivity index (χ1v) is 23.3. The largest absolute Gasteiger partial charge is 1.00 e. The van der Waals surface area contributed by atoms with Gasteiger partial charge < -0.3 is 41.2 Å². The Morgan fingerprint density at radius 3 is 1.49 bits per heavy atom. The first kappa shape index (κ1) is 47.3. The van der Waals surface area contributed by atoms with E-state index in [0.29, 0.717) is 6.61 Å². The molecule has 2 aromatic carbocycles. The summed E-state index contributed by atoms with van der Waals surface area (Å²) in [5.74, 6) is 1.78. The monoisotopic (exact) mass is 869 g/mol. The number of aromatic nitrogens is 4. The Morgan fingerprint density at radius 1 is 0.524 bits per heavy atom. The fourth-order valence-electron chi connectivity index (χ4n) is 8.51. The van der Waals surface area contributed by atoms with Crippen LogP contribution in [0.15, 0.2) is 84.9 Å². The highest BCUT2D eigenvalue weighted by atomic mass is 35.5. The molecule has 8 nitrogen and oxygen atoms in total. The molecule has 0 saturated carbocycles. The fourth-order valence-corrected chi connectivity index (χ4v) is 8.51. The van der Waals surface area contributed by atoms with E-state index in [1.807, 2.05) is 0 Å². The van der Waals surface area contributed by atoms with Crippen molar-refractivity contribution in [3.63, 3.8) is 0 Å². The van der Waals surface area contributed by atoms with E-state index in [-0.39, 0.29) is 12.4 Å². The maximum absolute atomic E-state index is 6.24. The van der Waals surface area contributed by atoms with Gasteiger partial charge in [0.2, 0.25) is 0 Å². The minimum Gasteiger partial charge on any atom is -1.00 e. The minimum absolute atomic E-state index is 0. The molecule has 5 aromatic rings. The van der Waals surface area contributed by atoms with Gasteiger partial charge in [-0.15, -0.1) is 0 Å². The number of benzene rings is 2. The highest BCUT2D eigenvalue weighted by Gasteiger charge is 2.16. The lowest BCUT2D eigenvalue weighted by Gasteiger charge is -2.30. The van der Waals surface area contributed by atoms with Crippen LogP contribution in [0.25, 0.3) is 68.6 Å². The third kappa shape index (κ3) is 13.9. The van der Waals surface area contributed by atoms with E-state index in [1.165, 1.54) is 70.8 Å². The molecule has 2 aliphatic heterocycles. The van der Waals surface area contributed by atoms with Crippen LogP contribution < -0.4 is 21.9 Å². The van der Waals surface area contributed by atoms with Crippen LogP contribution in [0.4, 0.5) is 0 Å². The van der Waals surface area contributed by atoms with Gasteiger partial charge in [0.15, 0.2) is 0 Å². The van der Waals surface area contributed by atoms with Crippen molar-refractivity contribution < 1.29 is 26.4 Å². The summed E-state index contributed by atoms with van der Waals surface area (Å²) in [6, 6.07) is 29.7. The first-order chi connectivity index (χ1) is 30.2. The summed E-state index contributed by atoms with van der Waals surface area (Å²) in [5, 5.41) is 0. The van der Waals surface area contributed by atoms with Crippen molar-refractivity contribution in [2.75, 3.05) is 61.0 Å². The number of quaternary nitrogens is 1. The van der Waals surface area contributed by atoms with Crippen LogP contribution in [-0.4, -0.2) is 90.4 Å². The highest BCUT2D eigenvalue weighted by molar-refractivity contribution is 5.94. The molecule has 2 N–H and O–H groups in total. The minimum atomic E-state index is 0. The summed E-state index contributed by atoms with van der Waals surface area (Å²) in [5.41, 5.74) is 11.8. The van der Waals surface area contributed by atoms with Gasteiger partial charge in [-0.3, -0.25) is 0 Å². The predicted molar refractivity (Wildman–Crippen MR) is 262 cm³/mol. The van der Waals surface area contributed by atoms with Crippen molar-refractivity contribution in [2.24, 2.45) is 0 Å². The van der Waals surface area contributed by atoms with Gasteiger partial charge in [0.05, 0.1) is 63.2 Å². The first-order valence-electron chi connectivity index (χ1n) is 23.3. The number of ether oxygens (including phenoxy) is 2. The Kier molecular flexibility index (Phi) is 17.7. The number of nitrogens with one attached hydrogen (secondary N) is 2. The van der Waals surface area contributed by atoms with Crippen LogP contribution in [0.2, 0.25) is 0 Å². The second-order valence-electron chi connectivity index (χ2n) is 18.0. The maximum Gasteiger partial charge on any atom is 0.119 e. The molecule has 63 heavy (non-hydrogen) atoms. The summed E-state index contributed by atoms with van der Waals surface area (Å²) in [4.78, 5) is 19.9. The Morgan fingerprint density at radius 2 is 0.984 bits per heavy atom. The molecule has 0 atom stereocenters. The van der Waals surface area contributed by atoms with Crippen molar-refractivity contribution in [3.8, 4) is 33.8 Å². The fraction of sp³-hybridized carbons (Fsp3) is 0.407. The molecule has 8 bridgehead atoms. The van der Waals surface area contributed by atoms with E-state index in [2.05, 4.69) is 159 Å². The van der Waals surface area contributed by atoms with E-state index in [9.17, 15) is 0 Å². The third-order valence-corrected chi connectivity index (χ3v) is 12.0. The molecule has 0 saturated heterocycles. The van der Waals surface area contributed by atoms with Crippen LogP contribution in [0.5, 0.6) is 11.5 Å². The zero-order valence-electron chi connectivity index (χ0n) is 38.4. The lowest BCUT2D eigenvalue weighted by molar-refractivity contribution is -0.890. The van der Waals surface area contributed by atoms with Crippen molar-refractivity contribution in [1.29, 1.82) is 0 Å². The van der Waals surface area contributed by atoms with Gasteiger partial charge in [-0.2, -0.15) is 0 Å². The lowest BCUT2D eigenvalue weighted by atomic mass is 10.0. The molecule has 0 spiro atoms. The average molecular weight is 870 g/mol. The number of hydrogen-bond donors (Lipinski definition) is 2. The van der Waals surface area contributed by atoms with Crippen molar-refractivity contribution >= 4 is 46.4 Å². The summed E-state index contributed by atoms with van der Waals surface area (Å²) in [6.07, 6.45) is 23.7. The zero-order chi connectivity index (χ0) is 43.2. The Hall–Kier alpha value is -5.15. The lowest BCUT2D eigenvalue weighted by Crippen LogP contribution is -3.00. The van der Waals surface area contributed by atoms with Gasteiger partial charge in [-0.1, -0.05) is 89.0 Å². The molecule has 7 rings (SSSR count). The van der Waals surface area contributed by atoms with Gasteiger partial charge in [0.25, 0.3) is 0 Å². The van der Waals surface area contributed by atoms with Crippen molar-refractivity contribution in [3.05, 3.63) is 108 Å². The van der Waals surface area contributed by atoms with Crippen molar-refractivity contribution in [1.82, 2.24) is 24.8 Å². The molecule has 9 heteroatoms. The van der Waals surface area contributed by atoms with Gasteiger partial charge in [-0.05, 0) is 117 Å². The summed E-state index contributed by atoms with van der Waals surface area (Å²) >= 11 is 0. The summed E-state index contributed by atoms with van der Waals surface area (Å²) in [7, 11) is 8.91. The molecule has 0 unspecified atom stereocenters. The second-order valence-corrected chi connectivity index (χ2v) is 18.0. The van der Waals surface area contributed by atoms with Gasteiger partial charge in [0, 0.05) is 52.6 Å². The van der Waals surface area contributed by atoms with Crippen LogP contribution >= 0.6 is 0 Å². The number of unbranched alkanes of at least 4 members (excludes halogenated alkanes) is 9. The average Bonchev–Trinajstić information content (AvgIpc) is 4.10.